The quantitative estimate of drug-likeness (QED) is 0.569. The summed E-state index contributed by atoms with van der Waals surface area (Å²) in [6.45, 7) is 8.38. The summed E-state index contributed by atoms with van der Waals surface area (Å²) >= 11 is 3.53. The van der Waals surface area contributed by atoms with Gasteiger partial charge in [-0.2, -0.15) is 0 Å². The summed E-state index contributed by atoms with van der Waals surface area (Å²) in [6, 6.07) is 11.7. The van der Waals surface area contributed by atoms with Gasteiger partial charge in [0, 0.05) is 21.6 Å². The largest absolute Gasteiger partial charge is 0.326 e. The molecule has 2 heterocycles. The molecule has 0 unspecified atom stereocenters. The van der Waals surface area contributed by atoms with Crippen molar-refractivity contribution in [3.8, 4) is 0 Å². The van der Waals surface area contributed by atoms with Gasteiger partial charge in [0.25, 0.3) is 5.91 Å². The molecule has 1 aliphatic carbocycles. The van der Waals surface area contributed by atoms with Gasteiger partial charge in [-0.1, -0.05) is 48.8 Å². The van der Waals surface area contributed by atoms with Crippen LogP contribution in [0.5, 0.6) is 0 Å². The molecule has 1 spiro atoms. The van der Waals surface area contributed by atoms with Crippen LogP contribution in [0.15, 0.2) is 50.7 Å². The number of carbonyl (C=O) groups is 1. The number of fused-ring (bicyclic) bond motifs is 3. The second-order valence-corrected chi connectivity index (χ2v) is 10.6. The fourth-order valence-corrected chi connectivity index (χ4v) is 5.03. The van der Waals surface area contributed by atoms with Crippen LogP contribution in [0.4, 0.5) is 0 Å². The van der Waals surface area contributed by atoms with Crippen molar-refractivity contribution >= 4 is 38.6 Å². The van der Waals surface area contributed by atoms with E-state index in [9.17, 15) is 9.59 Å². The Morgan fingerprint density at radius 2 is 1.94 bits per heavy atom. The molecule has 5 rings (SSSR count). The van der Waals surface area contributed by atoms with Crippen molar-refractivity contribution in [3.05, 3.63) is 68.0 Å². The summed E-state index contributed by atoms with van der Waals surface area (Å²) < 4.78 is 2.81. The zero-order chi connectivity index (χ0) is 22.1. The number of nitrogens with one attached hydrogen (secondary N) is 2. The number of rotatable bonds is 2. The normalized spacial score (nSPS) is 21.5. The Labute approximate surface area is 188 Å². The van der Waals surface area contributed by atoms with Crippen LogP contribution in [0.1, 0.15) is 56.8 Å². The minimum atomic E-state index is -0.700. The molecule has 2 aliphatic rings. The van der Waals surface area contributed by atoms with E-state index in [1.807, 2.05) is 37.3 Å². The number of aryl methyl sites for hydroxylation is 1. The molecule has 1 aliphatic heterocycles. The maximum Gasteiger partial charge on any atom is 0.326 e. The third kappa shape index (κ3) is 3.09. The predicted molar refractivity (Wildman–Crippen MR) is 126 cm³/mol. The Hall–Kier alpha value is -2.67. The molecule has 7 heteroatoms. The molecule has 2 N–H and O–H groups in total. The average molecular weight is 481 g/mol. The number of aromatic amines is 1. The van der Waals surface area contributed by atoms with Gasteiger partial charge in [-0.05, 0) is 55.0 Å². The van der Waals surface area contributed by atoms with E-state index in [4.69, 9.17) is 4.99 Å². The lowest BCUT2D eigenvalue weighted by atomic mass is 9.88. The SMILES string of the molecule is C[C@@H](n1c(=O)[nH]c2ccc(C3=N[C@]4(CCc5cc(Br)ccc54)NC3=O)cc21)C(C)(C)C. The van der Waals surface area contributed by atoms with Gasteiger partial charge in [0.05, 0.1) is 11.0 Å². The number of aliphatic imine (C=N–C) groups is 1. The van der Waals surface area contributed by atoms with E-state index in [1.54, 1.807) is 4.57 Å². The number of aromatic nitrogens is 2. The van der Waals surface area contributed by atoms with Crippen molar-refractivity contribution in [3.63, 3.8) is 0 Å². The van der Waals surface area contributed by atoms with Gasteiger partial charge in [-0.15, -0.1) is 0 Å². The molecule has 0 saturated heterocycles. The summed E-state index contributed by atoms with van der Waals surface area (Å²) in [5.74, 6) is -0.177. The molecule has 0 radical (unpaired) electrons. The van der Waals surface area contributed by atoms with Crippen LogP contribution in [0.25, 0.3) is 11.0 Å². The predicted octanol–water partition coefficient (Wildman–Crippen LogP) is 4.42. The molecule has 2 atom stereocenters. The standard InChI is InChI=1S/C24H25BrN4O2/c1-13(23(2,3)4)29-19-12-15(5-8-18(19)26-22(29)31)20-21(30)28-24(27-20)10-9-14-11-16(25)6-7-17(14)24/h5-8,11-13H,9-10H2,1-4H3,(H,26,31)(H,28,30)/t13-,24-/m1/s1. The fourth-order valence-electron chi connectivity index (χ4n) is 4.62. The Bertz CT molecular complexity index is 1330. The van der Waals surface area contributed by atoms with Gasteiger partial charge in [0.1, 0.15) is 5.71 Å². The number of carbonyl (C=O) groups excluding carboxylic acids is 1. The smallest absolute Gasteiger partial charge is 0.322 e. The molecular formula is C24H25BrN4O2. The molecule has 31 heavy (non-hydrogen) atoms. The number of halogens is 1. The summed E-state index contributed by atoms with van der Waals surface area (Å²) in [7, 11) is 0. The summed E-state index contributed by atoms with van der Waals surface area (Å²) in [5.41, 5.74) is 4.01. The van der Waals surface area contributed by atoms with E-state index in [0.717, 1.165) is 39.5 Å². The van der Waals surface area contributed by atoms with Crippen LogP contribution in [0, 0.1) is 5.41 Å². The van der Waals surface area contributed by atoms with Crippen molar-refractivity contribution in [1.82, 2.24) is 14.9 Å². The van der Waals surface area contributed by atoms with Crippen molar-refractivity contribution < 1.29 is 4.79 Å². The Balaban J connectivity index is 1.63. The highest BCUT2D eigenvalue weighted by Crippen LogP contribution is 2.42. The summed E-state index contributed by atoms with van der Waals surface area (Å²) in [4.78, 5) is 33.6. The third-order valence-corrected chi connectivity index (χ3v) is 7.23. The number of amides is 1. The van der Waals surface area contributed by atoms with Crippen LogP contribution in [0.2, 0.25) is 0 Å². The zero-order valence-corrected chi connectivity index (χ0v) is 19.6. The van der Waals surface area contributed by atoms with E-state index < -0.39 is 5.66 Å². The van der Waals surface area contributed by atoms with E-state index >= 15 is 0 Å². The molecule has 3 aromatic rings. The van der Waals surface area contributed by atoms with Gasteiger partial charge >= 0.3 is 5.69 Å². The van der Waals surface area contributed by atoms with Crippen LogP contribution in [0.3, 0.4) is 0 Å². The van der Waals surface area contributed by atoms with Crippen LogP contribution in [-0.4, -0.2) is 21.2 Å². The summed E-state index contributed by atoms with van der Waals surface area (Å²) in [5, 5.41) is 3.13. The number of nitrogens with zero attached hydrogens (tertiary/aromatic N) is 2. The molecule has 2 aromatic carbocycles. The number of hydrogen-bond donors (Lipinski definition) is 2. The molecule has 0 bridgehead atoms. The Morgan fingerprint density at radius 3 is 2.68 bits per heavy atom. The maximum absolute atomic E-state index is 13.0. The number of H-pyrrole nitrogens is 1. The second-order valence-electron chi connectivity index (χ2n) is 9.65. The number of imidazole rings is 1. The highest BCUT2D eigenvalue weighted by Gasteiger charge is 2.45. The topological polar surface area (TPSA) is 79.2 Å². The Kier molecular flexibility index (Phi) is 4.35. The number of hydrogen-bond acceptors (Lipinski definition) is 3. The highest BCUT2D eigenvalue weighted by atomic mass is 79.9. The maximum atomic E-state index is 13.0. The molecular weight excluding hydrogens is 456 g/mol. The third-order valence-electron chi connectivity index (χ3n) is 6.74. The van der Waals surface area contributed by atoms with Gasteiger partial charge in [0.2, 0.25) is 0 Å². The summed E-state index contributed by atoms with van der Waals surface area (Å²) in [6.07, 6.45) is 1.61. The van der Waals surface area contributed by atoms with Crippen molar-refractivity contribution in [2.24, 2.45) is 10.4 Å². The van der Waals surface area contributed by atoms with E-state index in [-0.39, 0.29) is 23.1 Å². The van der Waals surface area contributed by atoms with Gasteiger partial charge < -0.3 is 10.3 Å². The lowest BCUT2D eigenvalue weighted by Gasteiger charge is -2.28. The van der Waals surface area contributed by atoms with Crippen molar-refractivity contribution in [2.75, 3.05) is 0 Å². The first-order chi connectivity index (χ1) is 14.6. The van der Waals surface area contributed by atoms with Gasteiger partial charge in [-0.3, -0.25) is 9.36 Å². The Morgan fingerprint density at radius 1 is 1.16 bits per heavy atom. The first-order valence-corrected chi connectivity index (χ1v) is 11.3. The molecule has 6 nitrogen and oxygen atoms in total. The van der Waals surface area contributed by atoms with Gasteiger partial charge in [0.15, 0.2) is 5.66 Å². The van der Waals surface area contributed by atoms with Crippen molar-refractivity contribution in [1.29, 1.82) is 0 Å². The number of benzene rings is 2. The lowest BCUT2D eigenvalue weighted by Crippen LogP contribution is -2.38. The van der Waals surface area contributed by atoms with E-state index in [1.165, 1.54) is 5.56 Å². The van der Waals surface area contributed by atoms with Crippen LogP contribution in [-0.2, 0) is 16.9 Å². The first-order valence-electron chi connectivity index (χ1n) is 10.5. The first kappa shape index (κ1) is 20.2. The highest BCUT2D eigenvalue weighted by molar-refractivity contribution is 9.10. The van der Waals surface area contributed by atoms with Crippen LogP contribution < -0.4 is 11.0 Å². The molecule has 0 fully saturated rings. The average Bonchev–Trinajstić information content (AvgIpc) is 3.32. The molecule has 0 saturated carbocycles. The minimum Gasteiger partial charge on any atom is -0.322 e. The molecule has 160 valence electrons. The minimum absolute atomic E-state index is 0.0187. The van der Waals surface area contributed by atoms with Gasteiger partial charge in [-0.25, -0.2) is 9.79 Å². The molecule has 1 amide bonds. The van der Waals surface area contributed by atoms with E-state index in [2.05, 4.69) is 53.1 Å². The lowest BCUT2D eigenvalue weighted by molar-refractivity contribution is -0.115. The zero-order valence-electron chi connectivity index (χ0n) is 18.0. The second kappa shape index (κ2) is 6.66. The van der Waals surface area contributed by atoms with E-state index in [0.29, 0.717) is 5.71 Å². The molecule has 1 aromatic heterocycles. The van der Waals surface area contributed by atoms with Crippen molar-refractivity contribution in [2.45, 2.75) is 52.2 Å². The van der Waals surface area contributed by atoms with Crippen LogP contribution >= 0.6 is 15.9 Å². The fraction of sp³-hybridized carbons (Fsp3) is 0.375. The monoisotopic (exact) mass is 480 g/mol.